The molecular formula is C16H30N2O. The number of nitrogens with zero attached hydrogens (tertiary/aromatic N) is 1. The Morgan fingerprint density at radius 2 is 1.89 bits per heavy atom. The van der Waals surface area contributed by atoms with Crippen LogP contribution in [0.4, 0.5) is 0 Å². The van der Waals surface area contributed by atoms with Crippen molar-refractivity contribution in [3.8, 4) is 0 Å². The Labute approximate surface area is 118 Å². The zero-order valence-electron chi connectivity index (χ0n) is 13.1. The zero-order chi connectivity index (χ0) is 14.1. The number of carbonyl (C=O) groups excluding carboxylic acids is 1. The van der Waals surface area contributed by atoms with Crippen LogP contribution in [-0.2, 0) is 4.79 Å². The summed E-state index contributed by atoms with van der Waals surface area (Å²) in [6, 6.07) is 0. The maximum absolute atomic E-state index is 12.0. The van der Waals surface area contributed by atoms with Crippen molar-refractivity contribution in [2.45, 2.75) is 65.3 Å². The van der Waals surface area contributed by atoms with E-state index in [0.717, 1.165) is 25.4 Å². The Bertz CT molecular complexity index is 322. The molecule has 0 radical (unpaired) electrons. The molecule has 1 heterocycles. The molecular weight excluding hydrogens is 236 g/mol. The SMILES string of the molecule is CCC(C)(C)NC(=O)CN1CC2(CCC(C)CC2)C1. The van der Waals surface area contributed by atoms with E-state index < -0.39 is 0 Å². The van der Waals surface area contributed by atoms with Gasteiger partial charge in [-0.3, -0.25) is 9.69 Å². The lowest BCUT2D eigenvalue weighted by molar-refractivity contribution is -0.128. The van der Waals surface area contributed by atoms with Gasteiger partial charge in [0.1, 0.15) is 0 Å². The van der Waals surface area contributed by atoms with Crippen LogP contribution in [0.5, 0.6) is 0 Å². The van der Waals surface area contributed by atoms with Crippen molar-refractivity contribution in [1.82, 2.24) is 10.2 Å². The van der Waals surface area contributed by atoms with Gasteiger partial charge in [-0.15, -0.1) is 0 Å². The maximum Gasteiger partial charge on any atom is 0.234 e. The van der Waals surface area contributed by atoms with Crippen LogP contribution in [0.3, 0.4) is 0 Å². The highest BCUT2D eigenvalue weighted by Crippen LogP contribution is 2.45. The average molecular weight is 266 g/mol. The number of amides is 1. The number of likely N-dealkylation sites (tertiary alicyclic amines) is 1. The van der Waals surface area contributed by atoms with Crippen molar-refractivity contribution in [1.29, 1.82) is 0 Å². The predicted molar refractivity (Wildman–Crippen MR) is 79.0 cm³/mol. The van der Waals surface area contributed by atoms with Gasteiger partial charge in [0.15, 0.2) is 0 Å². The molecule has 0 aromatic rings. The van der Waals surface area contributed by atoms with E-state index in [1.165, 1.54) is 25.7 Å². The summed E-state index contributed by atoms with van der Waals surface area (Å²) in [4.78, 5) is 14.3. The van der Waals surface area contributed by atoms with Gasteiger partial charge in [-0.1, -0.05) is 26.7 Å². The van der Waals surface area contributed by atoms with E-state index >= 15 is 0 Å². The molecule has 1 N–H and O–H groups in total. The number of rotatable bonds is 4. The topological polar surface area (TPSA) is 32.3 Å². The van der Waals surface area contributed by atoms with Gasteiger partial charge in [0.2, 0.25) is 5.91 Å². The quantitative estimate of drug-likeness (QED) is 0.848. The molecule has 1 amide bonds. The molecule has 2 rings (SSSR count). The van der Waals surface area contributed by atoms with Gasteiger partial charge in [0.05, 0.1) is 6.54 Å². The molecule has 3 heteroatoms. The Hall–Kier alpha value is -0.570. The molecule has 1 saturated heterocycles. The molecule has 2 aliphatic rings. The summed E-state index contributed by atoms with van der Waals surface area (Å²) in [6.07, 6.45) is 6.46. The highest BCUT2D eigenvalue weighted by Gasteiger charge is 2.44. The molecule has 1 aliphatic heterocycles. The summed E-state index contributed by atoms with van der Waals surface area (Å²) in [5, 5.41) is 3.12. The van der Waals surface area contributed by atoms with Gasteiger partial charge in [-0.2, -0.15) is 0 Å². The van der Waals surface area contributed by atoms with Gasteiger partial charge < -0.3 is 5.32 Å². The molecule has 19 heavy (non-hydrogen) atoms. The molecule has 110 valence electrons. The van der Waals surface area contributed by atoms with Crippen LogP contribution >= 0.6 is 0 Å². The first-order valence-electron chi connectivity index (χ1n) is 7.88. The molecule has 0 bridgehead atoms. The lowest BCUT2D eigenvalue weighted by Crippen LogP contribution is -2.60. The standard InChI is InChI=1S/C16H30N2O/c1-5-15(3,4)17-14(19)10-18-11-16(12-18)8-6-13(2)7-9-16/h13H,5-12H2,1-4H3,(H,17,19). The van der Waals surface area contributed by atoms with E-state index in [4.69, 9.17) is 0 Å². The Morgan fingerprint density at radius 3 is 2.42 bits per heavy atom. The fourth-order valence-corrected chi connectivity index (χ4v) is 3.41. The number of hydrogen-bond donors (Lipinski definition) is 1. The van der Waals surface area contributed by atoms with Gasteiger partial charge in [-0.25, -0.2) is 0 Å². The van der Waals surface area contributed by atoms with Crippen molar-refractivity contribution >= 4 is 5.91 Å². The fraction of sp³-hybridized carbons (Fsp3) is 0.938. The summed E-state index contributed by atoms with van der Waals surface area (Å²) >= 11 is 0. The van der Waals surface area contributed by atoms with E-state index in [-0.39, 0.29) is 11.4 Å². The lowest BCUT2D eigenvalue weighted by Gasteiger charge is -2.53. The van der Waals surface area contributed by atoms with Crippen molar-refractivity contribution in [3.63, 3.8) is 0 Å². The second-order valence-corrected chi connectivity index (χ2v) is 7.61. The summed E-state index contributed by atoms with van der Waals surface area (Å²) < 4.78 is 0. The lowest BCUT2D eigenvalue weighted by atomic mass is 9.66. The van der Waals surface area contributed by atoms with Crippen LogP contribution in [0.2, 0.25) is 0 Å². The van der Waals surface area contributed by atoms with Crippen LogP contribution in [0.15, 0.2) is 0 Å². The minimum absolute atomic E-state index is 0.0695. The third-order valence-electron chi connectivity index (χ3n) is 5.18. The van der Waals surface area contributed by atoms with Gasteiger partial charge in [0, 0.05) is 18.6 Å². The second kappa shape index (κ2) is 5.43. The van der Waals surface area contributed by atoms with Gasteiger partial charge in [0.25, 0.3) is 0 Å². The van der Waals surface area contributed by atoms with Crippen molar-refractivity contribution in [3.05, 3.63) is 0 Å². The van der Waals surface area contributed by atoms with E-state index in [0.29, 0.717) is 12.0 Å². The first-order valence-corrected chi connectivity index (χ1v) is 7.88. The molecule has 0 unspecified atom stereocenters. The first kappa shape index (κ1) is 14.8. The minimum Gasteiger partial charge on any atom is -0.350 e. The Balaban J connectivity index is 1.71. The van der Waals surface area contributed by atoms with Crippen molar-refractivity contribution < 1.29 is 4.79 Å². The van der Waals surface area contributed by atoms with E-state index in [9.17, 15) is 4.79 Å². The molecule has 1 spiro atoms. The monoisotopic (exact) mass is 266 g/mol. The molecule has 0 aromatic carbocycles. The second-order valence-electron chi connectivity index (χ2n) is 7.61. The van der Waals surface area contributed by atoms with Crippen molar-refractivity contribution in [2.24, 2.45) is 11.3 Å². The van der Waals surface area contributed by atoms with Gasteiger partial charge in [-0.05, 0) is 44.4 Å². The highest BCUT2D eigenvalue weighted by molar-refractivity contribution is 5.78. The van der Waals surface area contributed by atoms with E-state index in [1.807, 2.05) is 0 Å². The normalized spacial score (nSPS) is 24.2. The van der Waals surface area contributed by atoms with Crippen molar-refractivity contribution in [2.75, 3.05) is 19.6 Å². The molecule has 3 nitrogen and oxygen atoms in total. The predicted octanol–water partition coefficient (Wildman–Crippen LogP) is 2.80. The fourth-order valence-electron chi connectivity index (χ4n) is 3.41. The summed E-state index contributed by atoms with van der Waals surface area (Å²) in [5.41, 5.74) is 0.493. The molecule has 1 aliphatic carbocycles. The first-order chi connectivity index (χ1) is 8.84. The Kier molecular flexibility index (Phi) is 4.24. The van der Waals surface area contributed by atoms with E-state index in [1.54, 1.807) is 0 Å². The maximum atomic E-state index is 12.0. The molecule has 1 saturated carbocycles. The average Bonchev–Trinajstić information content (AvgIpc) is 2.29. The van der Waals surface area contributed by atoms with Crippen LogP contribution in [0, 0.1) is 11.3 Å². The number of nitrogens with one attached hydrogen (secondary N) is 1. The largest absolute Gasteiger partial charge is 0.350 e. The third kappa shape index (κ3) is 3.71. The van der Waals surface area contributed by atoms with E-state index in [2.05, 4.69) is 37.9 Å². The Morgan fingerprint density at radius 1 is 1.32 bits per heavy atom. The number of carbonyl (C=O) groups is 1. The van der Waals surface area contributed by atoms with Gasteiger partial charge >= 0.3 is 0 Å². The molecule has 0 aromatic heterocycles. The summed E-state index contributed by atoms with van der Waals surface area (Å²) in [6.45, 7) is 11.5. The van der Waals surface area contributed by atoms with Crippen LogP contribution in [0.25, 0.3) is 0 Å². The molecule has 2 fully saturated rings. The third-order valence-corrected chi connectivity index (χ3v) is 5.18. The molecule has 0 atom stereocenters. The highest BCUT2D eigenvalue weighted by atomic mass is 16.2. The minimum atomic E-state index is -0.0695. The zero-order valence-corrected chi connectivity index (χ0v) is 13.1. The number of hydrogen-bond acceptors (Lipinski definition) is 2. The smallest absolute Gasteiger partial charge is 0.234 e. The summed E-state index contributed by atoms with van der Waals surface area (Å²) in [7, 11) is 0. The van der Waals surface area contributed by atoms with Crippen LogP contribution in [0.1, 0.15) is 59.8 Å². The van der Waals surface area contributed by atoms with Crippen LogP contribution in [-0.4, -0.2) is 36.0 Å². The summed E-state index contributed by atoms with van der Waals surface area (Å²) in [5.74, 6) is 1.10. The van der Waals surface area contributed by atoms with Crippen LogP contribution < -0.4 is 5.32 Å².